The molecule has 0 N–H and O–H groups in total. The summed E-state index contributed by atoms with van der Waals surface area (Å²) in [6, 6.07) is 53.8. The van der Waals surface area contributed by atoms with Gasteiger partial charge in [-0.3, -0.25) is 4.57 Å². The van der Waals surface area contributed by atoms with Crippen LogP contribution in [0, 0.1) is 0 Å². The molecule has 238 valence electrons. The van der Waals surface area contributed by atoms with E-state index in [9.17, 15) is 0 Å². The van der Waals surface area contributed by atoms with Gasteiger partial charge in [-0.05, 0) is 42.0 Å². The van der Waals surface area contributed by atoms with E-state index in [0.29, 0.717) is 17.6 Å². The van der Waals surface area contributed by atoms with Gasteiger partial charge >= 0.3 is 0 Å². The van der Waals surface area contributed by atoms with Gasteiger partial charge in [-0.15, -0.1) is 0 Å². The van der Waals surface area contributed by atoms with Gasteiger partial charge in [-0.2, -0.15) is 9.97 Å². The van der Waals surface area contributed by atoms with Crippen LogP contribution in [0.3, 0.4) is 0 Å². The molecule has 0 fully saturated rings. The summed E-state index contributed by atoms with van der Waals surface area (Å²) in [5.41, 5.74) is 9.22. The normalized spacial score (nSPS) is 11.9. The van der Waals surface area contributed by atoms with E-state index in [1.165, 1.54) is 0 Å². The van der Waals surface area contributed by atoms with Crippen molar-refractivity contribution in [3.8, 4) is 39.9 Å². The van der Waals surface area contributed by atoms with Crippen LogP contribution in [-0.4, -0.2) is 19.5 Å². The lowest BCUT2D eigenvalue weighted by Gasteiger charge is -2.11. The van der Waals surface area contributed by atoms with Crippen LogP contribution in [0.5, 0.6) is 0 Å². The maximum absolute atomic E-state index is 6.57. The van der Waals surface area contributed by atoms with Gasteiger partial charge in [0.25, 0.3) is 0 Å². The second-order valence-electron chi connectivity index (χ2n) is 12.8. The lowest BCUT2D eigenvalue weighted by atomic mass is 9.97. The molecule has 0 saturated heterocycles. The Morgan fingerprint density at radius 2 is 1.02 bits per heavy atom. The average Bonchev–Trinajstić information content (AvgIpc) is 3.87. The van der Waals surface area contributed by atoms with Crippen molar-refractivity contribution in [2.75, 3.05) is 0 Å². The number of hydrogen-bond donors (Lipinski definition) is 0. The van der Waals surface area contributed by atoms with Gasteiger partial charge in [-0.1, -0.05) is 121 Å². The Kier molecular flexibility index (Phi) is 5.86. The van der Waals surface area contributed by atoms with Crippen molar-refractivity contribution in [1.82, 2.24) is 19.5 Å². The quantitative estimate of drug-likeness (QED) is 0.189. The van der Waals surface area contributed by atoms with Crippen LogP contribution in [-0.2, 0) is 0 Å². The van der Waals surface area contributed by atoms with Crippen LogP contribution < -0.4 is 0 Å². The molecule has 6 heteroatoms. The second kappa shape index (κ2) is 10.7. The van der Waals surface area contributed by atoms with Crippen LogP contribution in [0.1, 0.15) is 0 Å². The number of fused-ring (bicyclic) bond motifs is 9. The van der Waals surface area contributed by atoms with Gasteiger partial charge in [0.05, 0.1) is 11.0 Å². The zero-order valence-electron chi connectivity index (χ0n) is 27.1. The zero-order chi connectivity index (χ0) is 33.5. The minimum atomic E-state index is 0.558. The third-order valence-corrected chi connectivity index (χ3v) is 9.89. The average molecular weight is 655 g/mol. The summed E-state index contributed by atoms with van der Waals surface area (Å²) in [6.45, 7) is 0. The van der Waals surface area contributed by atoms with Crippen LogP contribution in [0.25, 0.3) is 106 Å². The fourth-order valence-electron chi connectivity index (χ4n) is 7.60. The van der Waals surface area contributed by atoms with E-state index in [1.807, 2.05) is 66.7 Å². The van der Waals surface area contributed by atoms with E-state index >= 15 is 0 Å². The van der Waals surface area contributed by atoms with E-state index in [1.54, 1.807) is 0 Å². The SMILES string of the molecule is c1ccc(-c2nc(-c3ccc4c(c3)oc3cccc(-c5cccc6c5oc5ccccc56)c34)nc(-n3c4ccccc4c4ccccc43)n2)cc1. The summed E-state index contributed by atoms with van der Waals surface area (Å²) in [7, 11) is 0. The number of rotatable bonds is 4. The van der Waals surface area contributed by atoms with Crippen LogP contribution in [0.2, 0.25) is 0 Å². The molecule has 0 aliphatic rings. The van der Waals surface area contributed by atoms with E-state index in [-0.39, 0.29) is 0 Å². The van der Waals surface area contributed by atoms with Gasteiger partial charge in [0.15, 0.2) is 11.6 Å². The fraction of sp³-hybridized carbons (Fsp3) is 0. The smallest absolute Gasteiger partial charge is 0.238 e. The highest BCUT2D eigenvalue weighted by Crippen LogP contribution is 2.42. The number of para-hydroxylation sites is 4. The van der Waals surface area contributed by atoms with Crippen molar-refractivity contribution in [1.29, 1.82) is 0 Å². The van der Waals surface area contributed by atoms with E-state index < -0.39 is 0 Å². The van der Waals surface area contributed by atoms with E-state index in [0.717, 1.165) is 87.9 Å². The Bertz CT molecular complexity index is 3100. The molecule has 4 aromatic heterocycles. The first-order chi connectivity index (χ1) is 25.3. The largest absolute Gasteiger partial charge is 0.456 e. The molecule has 51 heavy (non-hydrogen) atoms. The van der Waals surface area contributed by atoms with Crippen LogP contribution >= 0.6 is 0 Å². The highest BCUT2D eigenvalue weighted by molar-refractivity contribution is 6.17. The molecule has 4 heterocycles. The monoisotopic (exact) mass is 654 g/mol. The maximum Gasteiger partial charge on any atom is 0.238 e. The van der Waals surface area contributed by atoms with Crippen molar-refractivity contribution in [2.24, 2.45) is 0 Å². The summed E-state index contributed by atoms with van der Waals surface area (Å²) in [5, 5.41) is 6.55. The third kappa shape index (κ3) is 4.20. The Balaban J connectivity index is 1.12. The highest BCUT2D eigenvalue weighted by atomic mass is 16.3. The Morgan fingerprint density at radius 3 is 1.82 bits per heavy atom. The van der Waals surface area contributed by atoms with Crippen molar-refractivity contribution >= 4 is 65.7 Å². The number of aromatic nitrogens is 4. The predicted octanol–water partition coefficient (Wildman–Crippen LogP) is 11.8. The molecule has 0 unspecified atom stereocenters. The van der Waals surface area contributed by atoms with Gasteiger partial charge in [0.2, 0.25) is 5.95 Å². The summed E-state index contributed by atoms with van der Waals surface area (Å²) in [6.07, 6.45) is 0. The van der Waals surface area contributed by atoms with E-state index in [2.05, 4.69) is 95.6 Å². The molecule has 0 radical (unpaired) electrons. The summed E-state index contributed by atoms with van der Waals surface area (Å²) in [5.74, 6) is 1.72. The van der Waals surface area contributed by atoms with E-state index in [4.69, 9.17) is 23.8 Å². The molecular weight excluding hydrogens is 629 g/mol. The van der Waals surface area contributed by atoms with Gasteiger partial charge in [0, 0.05) is 49.0 Å². The maximum atomic E-state index is 6.57. The van der Waals surface area contributed by atoms with Gasteiger partial charge in [0.1, 0.15) is 22.3 Å². The molecule has 0 atom stereocenters. The van der Waals surface area contributed by atoms with Crippen molar-refractivity contribution < 1.29 is 8.83 Å². The first-order valence-corrected chi connectivity index (χ1v) is 16.9. The Morgan fingerprint density at radius 1 is 0.392 bits per heavy atom. The molecule has 11 aromatic rings. The lowest BCUT2D eigenvalue weighted by molar-refractivity contribution is 0.669. The molecule has 0 aliphatic heterocycles. The molecule has 11 rings (SSSR count). The fourth-order valence-corrected chi connectivity index (χ4v) is 7.60. The van der Waals surface area contributed by atoms with Gasteiger partial charge < -0.3 is 8.83 Å². The van der Waals surface area contributed by atoms with Crippen LogP contribution in [0.15, 0.2) is 167 Å². The summed E-state index contributed by atoms with van der Waals surface area (Å²) >= 11 is 0. The van der Waals surface area contributed by atoms with Crippen molar-refractivity contribution in [2.45, 2.75) is 0 Å². The third-order valence-electron chi connectivity index (χ3n) is 9.89. The second-order valence-corrected chi connectivity index (χ2v) is 12.8. The summed E-state index contributed by atoms with van der Waals surface area (Å²) in [4.78, 5) is 15.2. The molecule has 0 amide bonds. The highest BCUT2D eigenvalue weighted by Gasteiger charge is 2.20. The first-order valence-electron chi connectivity index (χ1n) is 16.9. The number of nitrogens with zero attached hydrogens (tertiary/aromatic N) is 4. The van der Waals surface area contributed by atoms with Crippen molar-refractivity contribution in [3.63, 3.8) is 0 Å². The first kappa shape index (κ1) is 27.9. The number of benzene rings is 7. The summed E-state index contributed by atoms with van der Waals surface area (Å²) < 4.78 is 15.1. The minimum Gasteiger partial charge on any atom is -0.456 e. The molecule has 0 bridgehead atoms. The number of hydrogen-bond acceptors (Lipinski definition) is 5. The molecule has 6 nitrogen and oxygen atoms in total. The zero-order valence-corrected chi connectivity index (χ0v) is 27.1. The lowest BCUT2D eigenvalue weighted by Crippen LogP contribution is -2.06. The van der Waals surface area contributed by atoms with Gasteiger partial charge in [-0.25, -0.2) is 4.98 Å². The Labute approximate surface area is 290 Å². The molecular formula is C45H26N4O2. The Hall–Kier alpha value is -7.05. The van der Waals surface area contributed by atoms with Crippen LogP contribution in [0.4, 0.5) is 0 Å². The minimum absolute atomic E-state index is 0.558. The molecule has 0 aliphatic carbocycles. The molecule has 7 aromatic carbocycles. The standard InChI is InChI=1S/C45H26N4O2/c1-2-12-27(13-3-1)43-46-44(48-45(47-43)49-36-20-7-4-14-29(36)30-15-5-8-21-37(30)49)28-24-25-35-40(26-28)50-39-23-11-17-32(41(35)39)34-19-10-18-33-31-16-6-9-22-38(31)51-42(33)34/h1-26H. The molecule has 0 saturated carbocycles. The topological polar surface area (TPSA) is 69.9 Å². The van der Waals surface area contributed by atoms with Crippen molar-refractivity contribution in [3.05, 3.63) is 158 Å². The number of furan rings is 2. The molecule has 0 spiro atoms. The predicted molar refractivity (Wildman–Crippen MR) is 205 cm³/mol.